The van der Waals surface area contributed by atoms with E-state index in [-0.39, 0.29) is 0 Å². The predicted molar refractivity (Wildman–Crippen MR) is 63.2 cm³/mol. The van der Waals surface area contributed by atoms with Crippen LogP contribution in [0, 0.1) is 13.0 Å². The standard InChI is InChI=1S/C13H10Br/c1-10-6-8-11(9-7-10)12-4-2-3-5-13(12)14/h2-6,8-9H,1H3. The maximum atomic E-state index is 3.54. The lowest BCUT2D eigenvalue weighted by Crippen LogP contribution is -1.79. The minimum Gasteiger partial charge on any atom is -0.0616 e. The van der Waals surface area contributed by atoms with Gasteiger partial charge >= 0.3 is 0 Å². The van der Waals surface area contributed by atoms with Crippen molar-refractivity contribution in [3.8, 4) is 11.1 Å². The molecule has 0 atom stereocenters. The van der Waals surface area contributed by atoms with Crippen LogP contribution >= 0.6 is 15.9 Å². The van der Waals surface area contributed by atoms with E-state index < -0.39 is 0 Å². The van der Waals surface area contributed by atoms with E-state index >= 15 is 0 Å². The average Bonchev–Trinajstić information content (AvgIpc) is 2.20. The van der Waals surface area contributed by atoms with Crippen molar-refractivity contribution in [1.29, 1.82) is 0 Å². The molecule has 0 amide bonds. The van der Waals surface area contributed by atoms with Crippen LogP contribution in [0.25, 0.3) is 11.1 Å². The largest absolute Gasteiger partial charge is 0.0616 e. The molecule has 69 valence electrons. The summed E-state index contributed by atoms with van der Waals surface area (Å²) in [7, 11) is 0. The van der Waals surface area contributed by atoms with Crippen LogP contribution in [0.2, 0.25) is 0 Å². The Kier molecular flexibility index (Phi) is 2.69. The van der Waals surface area contributed by atoms with Crippen molar-refractivity contribution in [3.05, 3.63) is 58.6 Å². The maximum Gasteiger partial charge on any atom is 0.0253 e. The molecule has 0 nitrogen and oxygen atoms in total. The van der Waals surface area contributed by atoms with Crippen LogP contribution in [-0.2, 0) is 0 Å². The fraction of sp³-hybridized carbons (Fsp3) is 0.0769. The smallest absolute Gasteiger partial charge is 0.0253 e. The zero-order chi connectivity index (χ0) is 9.97. The molecular formula is C13H10Br. The van der Waals surface area contributed by atoms with Crippen LogP contribution in [-0.4, -0.2) is 0 Å². The van der Waals surface area contributed by atoms with Crippen molar-refractivity contribution in [2.45, 2.75) is 6.92 Å². The highest BCUT2D eigenvalue weighted by Gasteiger charge is 2.00. The summed E-state index contributed by atoms with van der Waals surface area (Å²) in [5.74, 6) is 0. The third-order valence-corrected chi connectivity index (χ3v) is 2.84. The first-order valence-electron chi connectivity index (χ1n) is 4.50. The first-order valence-corrected chi connectivity index (χ1v) is 5.30. The quantitative estimate of drug-likeness (QED) is 0.706. The fourth-order valence-electron chi connectivity index (χ4n) is 1.37. The Hall–Kier alpha value is -1.08. The number of hydrogen-bond donors (Lipinski definition) is 0. The highest BCUT2D eigenvalue weighted by atomic mass is 79.9. The van der Waals surface area contributed by atoms with Crippen LogP contribution in [0.3, 0.4) is 0 Å². The summed E-state index contributed by atoms with van der Waals surface area (Å²) in [6, 6.07) is 17.6. The summed E-state index contributed by atoms with van der Waals surface area (Å²) in [6.45, 7) is 2.05. The Balaban J connectivity index is 2.50. The second kappa shape index (κ2) is 3.97. The molecule has 0 aromatic heterocycles. The second-order valence-corrected chi connectivity index (χ2v) is 4.09. The lowest BCUT2D eigenvalue weighted by atomic mass is 10.0. The summed E-state index contributed by atoms with van der Waals surface area (Å²) in [5, 5.41) is 0. The van der Waals surface area contributed by atoms with E-state index in [0.29, 0.717) is 0 Å². The molecule has 2 aromatic rings. The van der Waals surface area contributed by atoms with Crippen LogP contribution in [0.1, 0.15) is 5.56 Å². The molecule has 0 spiro atoms. The number of halogens is 1. The van der Waals surface area contributed by atoms with E-state index in [4.69, 9.17) is 0 Å². The molecule has 14 heavy (non-hydrogen) atoms. The van der Waals surface area contributed by atoms with Crippen molar-refractivity contribution in [1.82, 2.24) is 0 Å². The van der Waals surface area contributed by atoms with Gasteiger partial charge in [0.2, 0.25) is 0 Å². The molecule has 0 aliphatic carbocycles. The summed E-state index contributed by atoms with van der Waals surface area (Å²) < 4.78 is 1.12. The first-order chi connectivity index (χ1) is 6.77. The topological polar surface area (TPSA) is 0 Å². The highest BCUT2D eigenvalue weighted by Crippen LogP contribution is 2.27. The van der Waals surface area contributed by atoms with Gasteiger partial charge < -0.3 is 0 Å². The highest BCUT2D eigenvalue weighted by molar-refractivity contribution is 9.10. The Labute approximate surface area is 92.7 Å². The van der Waals surface area contributed by atoms with Gasteiger partial charge in [0.25, 0.3) is 0 Å². The van der Waals surface area contributed by atoms with Crippen molar-refractivity contribution in [2.24, 2.45) is 0 Å². The van der Waals surface area contributed by atoms with Gasteiger partial charge in [-0.3, -0.25) is 0 Å². The predicted octanol–water partition coefficient (Wildman–Crippen LogP) is 4.22. The zero-order valence-electron chi connectivity index (χ0n) is 7.92. The SMILES string of the molecule is Cc1[c]cc(-c2ccccc2Br)cc1. The molecular weight excluding hydrogens is 236 g/mol. The van der Waals surface area contributed by atoms with Crippen molar-refractivity contribution >= 4 is 15.9 Å². The van der Waals surface area contributed by atoms with E-state index in [2.05, 4.69) is 46.3 Å². The van der Waals surface area contributed by atoms with Gasteiger partial charge in [0.05, 0.1) is 0 Å². The monoisotopic (exact) mass is 245 g/mol. The minimum absolute atomic E-state index is 1.12. The van der Waals surface area contributed by atoms with Gasteiger partial charge in [0.15, 0.2) is 0 Å². The van der Waals surface area contributed by atoms with Crippen LogP contribution < -0.4 is 0 Å². The van der Waals surface area contributed by atoms with E-state index in [0.717, 1.165) is 4.47 Å². The van der Waals surface area contributed by atoms with Gasteiger partial charge in [-0.1, -0.05) is 46.3 Å². The summed E-state index contributed by atoms with van der Waals surface area (Å²) >= 11 is 3.54. The normalized spacial score (nSPS) is 10.1. The van der Waals surface area contributed by atoms with Crippen LogP contribution in [0.4, 0.5) is 0 Å². The number of hydrogen-bond acceptors (Lipinski definition) is 0. The molecule has 1 radical (unpaired) electrons. The Morgan fingerprint density at radius 3 is 2.50 bits per heavy atom. The molecule has 1 heteroatoms. The van der Waals surface area contributed by atoms with Crippen LogP contribution in [0.5, 0.6) is 0 Å². The maximum absolute atomic E-state index is 3.54. The molecule has 2 aromatic carbocycles. The molecule has 0 aliphatic rings. The van der Waals surface area contributed by atoms with E-state index in [1.54, 1.807) is 0 Å². The van der Waals surface area contributed by atoms with Gasteiger partial charge in [-0.05, 0) is 41.8 Å². The van der Waals surface area contributed by atoms with Crippen molar-refractivity contribution in [3.63, 3.8) is 0 Å². The number of aryl methyl sites for hydroxylation is 1. The van der Waals surface area contributed by atoms with Crippen LogP contribution in [0.15, 0.2) is 46.9 Å². The number of rotatable bonds is 1. The van der Waals surface area contributed by atoms with E-state index in [1.165, 1.54) is 16.7 Å². The van der Waals surface area contributed by atoms with Gasteiger partial charge in [-0.25, -0.2) is 0 Å². The lowest BCUT2D eigenvalue weighted by molar-refractivity contribution is 1.45. The second-order valence-electron chi connectivity index (χ2n) is 3.24. The zero-order valence-corrected chi connectivity index (χ0v) is 9.51. The third kappa shape index (κ3) is 1.88. The molecule has 0 N–H and O–H groups in total. The third-order valence-electron chi connectivity index (χ3n) is 2.15. The molecule has 0 aliphatic heterocycles. The van der Waals surface area contributed by atoms with Gasteiger partial charge in [0.1, 0.15) is 0 Å². The Morgan fingerprint density at radius 2 is 1.86 bits per heavy atom. The molecule has 2 rings (SSSR count). The summed E-state index contributed by atoms with van der Waals surface area (Å²) in [5.41, 5.74) is 3.58. The first kappa shape index (κ1) is 9.47. The molecule has 0 unspecified atom stereocenters. The average molecular weight is 246 g/mol. The fourth-order valence-corrected chi connectivity index (χ4v) is 1.88. The molecule has 0 bridgehead atoms. The minimum atomic E-state index is 1.12. The van der Waals surface area contributed by atoms with Crippen molar-refractivity contribution in [2.75, 3.05) is 0 Å². The molecule has 0 saturated heterocycles. The molecule has 0 fully saturated rings. The Bertz CT molecular complexity index is 429. The van der Waals surface area contributed by atoms with E-state index in [1.807, 2.05) is 25.1 Å². The molecule has 0 saturated carbocycles. The summed E-state index contributed by atoms with van der Waals surface area (Å²) in [6.07, 6.45) is 0. The van der Waals surface area contributed by atoms with Crippen molar-refractivity contribution < 1.29 is 0 Å². The summed E-state index contributed by atoms with van der Waals surface area (Å²) in [4.78, 5) is 0. The van der Waals surface area contributed by atoms with Gasteiger partial charge in [-0.15, -0.1) is 0 Å². The van der Waals surface area contributed by atoms with Gasteiger partial charge in [-0.2, -0.15) is 0 Å². The van der Waals surface area contributed by atoms with Gasteiger partial charge in [0, 0.05) is 4.47 Å². The number of benzene rings is 2. The molecule has 0 heterocycles. The Morgan fingerprint density at radius 1 is 1.07 bits per heavy atom. The lowest BCUT2D eigenvalue weighted by Gasteiger charge is -2.03. The van der Waals surface area contributed by atoms with E-state index in [9.17, 15) is 0 Å².